The Kier molecular flexibility index (Phi) is 6.27. The molecule has 1 fully saturated rings. The Morgan fingerprint density at radius 3 is 1.62 bits per heavy atom. The number of hydrogen-bond acceptors (Lipinski definition) is 0. The maximum atomic E-state index is 2.58. The summed E-state index contributed by atoms with van der Waals surface area (Å²) in [5.74, 6) is 2.58. The first-order valence-corrected chi connectivity index (χ1v) is 8.93. The molecule has 2 aromatic carbocycles. The van der Waals surface area contributed by atoms with Crippen LogP contribution in [0.2, 0.25) is 0 Å². The van der Waals surface area contributed by atoms with Gasteiger partial charge in [-0.3, -0.25) is 0 Å². The minimum Gasteiger partial charge on any atom is -0.0691 e. The first-order valence-electron chi connectivity index (χ1n) is 7.52. The quantitative estimate of drug-likeness (QED) is 0.573. The molecule has 0 aromatic heterocycles. The molecule has 0 bridgehead atoms. The maximum Gasteiger partial charge on any atom is 0 e. The van der Waals surface area contributed by atoms with Crippen molar-refractivity contribution >= 4 is 26.9 Å². The van der Waals surface area contributed by atoms with E-state index in [2.05, 4.69) is 66.5 Å². The molecule has 0 spiro atoms. The molecule has 0 saturated heterocycles. The molecule has 3 radical (unpaired) electrons. The second kappa shape index (κ2) is 8.20. The van der Waals surface area contributed by atoms with Gasteiger partial charge < -0.3 is 0 Å². The zero-order valence-corrected chi connectivity index (χ0v) is 13.3. The van der Waals surface area contributed by atoms with Crippen molar-refractivity contribution < 1.29 is 0 Å². The van der Waals surface area contributed by atoms with E-state index in [9.17, 15) is 0 Å². The Morgan fingerprint density at radius 2 is 1.14 bits per heavy atom. The van der Waals surface area contributed by atoms with Crippen LogP contribution >= 0.6 is 7.92 Å². The summed E-state index contributed by atoms with van der Waals surface area (Å²) in [6.07, 6.45) is 6.76. The average Bonchev–Trinajstić information content (AvgIpc) is 2.55. The van der Waals surface area contributed by atoms with Gasteiger partial charge in [0.1, 0.15) is 0 Å². The summed E-state index contributed by atoms with van der Waals surface area (Å²) in [7, 11) is -0.336. The second-order valence-electron chi connectivity index (χ2n) is 5.39. The fourth-order valence-electron chi connectivity index (χ4n) is 2.79. The number of hydrogen-bond donors (Lipinski definition) is 0. The number of allylic oxidation sites excluding steroid dienone is 1. The van der Waals surface area contributed by atoms with Gasteiger partial charge in [-0.15, -0.1) is 0 Å². The minimum atomic E-state index is -0.336. The van der Waals surface area contributed by atoms with Crippen molar-refractivity contribution in [2.24, 2.45) is 0 Å². The monoisotopic (exact) mass is 291 g/mol. The summed E-state index contributed by atoms with van der Waals surface area (Å²) < 4.78 is 0. The molecule has 21 heavy (non-hydrogen) atoms. The lowest BCUT2D eigenvalue weighted by Crippen LogP contribution is -2.10. The van der Waals surface area contributed by atoms with Gasteiger partial charge in [0, 0.05) is 8.41 Å². The molecule has 0 aliphatic heterocycles. The van der Waals surface area contributed by atoms with Crippen molar-refractivity contribution in [3.8, 4) is 0 Å². The van der Waals surface area contributed by atoms with E-state index in [1.54, 1.807) is 5.57 Å². The van der Waals surface area contributed by atoms with E-state index in [-0.39, 0.29) is 16.3 Å². The molecular formula is C19H21BP. The van der Waals surface area contributed by atoms with Crippen LogP contribution in [-0.4, -0.2) is 8.41 Å². The summed E-state index contributed by atoms with van der Waals surface area (Å²) in [6, 6.07) is 22.0. The van der Waals surface area contributed by atoms with Crippen LogP contribution in [0.3, 0.4) is 0 Å². The average molecular weight is 291 g/mol. The van der Waals surface area contributed by atoms with Gasteiger partial charge in [-0.2, -0.15) is 0 Å². The third-order valence-electron chi connectivity index (χ3n) is 3.88. The minimum absolute atomic E-state index is 0. The Balaban J connectivity index is 0.00000161. The molecule has 0 nitrogen and oxygen atoms in total. The Bertz CT molecular complexity index is 515. The summed E-state index contributed by atoms with van der Waals surface area (Å²) in [5.41, 5.74) is 1.68. The van der Waals surface area contributed by atoms with Crippen LogP contribution in [0.15, 0.2) is 72.1 Å². The Labute approximate surface area is 131 Å². The standard InChI is InChI=1S/C19H21P.B/c1-4-10-17(11-5-1)16-20(18-12-6-2-7-13-18)19-14-8-3-9-15-19;/h2-3,6-9,12-16H,1,4-5,10-11H2;. The Hall–Kier alpha value is -1.33. The van der Waals surface area contributed by atoms with Crippen LogP contribution in [0.25, 0.3) is 0 Å². The number of benzene rings is 2. The zero-order valence-electron chi connectivity index (χ0n) is 12.4. The van der Waals surface area contributed by atoms with Crippen molar-refractivity contribution in [2.45, 2.75) is 32.1 Å². The highest BCUT2D eigenvalue weighted by Crippen LogP contribution is 2.39. The second-order valence-corrected chi connectivity index (χ2v) is 7.42. The van der Waals surface area contributed by atoms with E-state index in [1.807, 2.05) is 0 Å². The highest BCUT2D eigenvalue weighted by molar-refractivity contribution is 7.75. The van der Waals surface area contributed by atoms with Crippen LogP contribution < -0.4 is 10.6 Å². The topological polar surface area (TPSA) is 0 Å². The van der Waals surface area contributed by atoms with E-state index in [0.29, 0.717) is 0 Å². The van der Waals surface area contributed by atoms with Gasteiger partial charge in [-0.05, 0) is 44.2 Å². The molecule has 2 aromatic rings. The molecule has 2 heteroatoms. The SMILES string of the molecule is C(=C1CCCCC1)P(c1ccccc1)c1ccccc1.[B]. The van der Waals surface area contributed by atoms with Crippen molar-refractivity contribution in [2.75, 3.05) is 0 Å². The van der Waals surface area contributed by atoms with Crippen molar-refractivity contribution in [1.82, 2.24) is 0 Å². The van der Waals surface area contributed by atoms with Gasteiger partial charge in [-0.1, -0.05) is 78.5 Å². The van der Waals surface area contributed by atoms with Gasteiger partial charge in [0.05, 0.1) is 0 Å². The van der Waals surface area contributed by atoms with E-state index < -0.39 is 0 Å². The molecule has 0 atom stereocenters. The van der Waals surface area contributed by atoms with Crippen molar-refractivity contribution in [1.29, 1.82) is 0 Å². The lowest BCUT2D eigenvalue weighted by atomic mass is 9.96. The van der Waals surface area contributed by atoms with Gasteiger partial charge in [-0.25, -0.2) is 0 Å². The number of rotatable bonds is 3. The summed E-state index contributed by atoms with van der Waals surface area (Å²) in [4.78, 5) is 0. The molecule has 1 aliphatic carbocycles. The first-order chi connectivity index (χ1) is 9.93. The van der Waals surface area contributed by atoms with Gasteiger partial charge >= 0.3 is 0 Å². The molecule has 0 heterocycles. The van der Waals surface area contributed by atoms with Crippen molar-refractivity contribution in [3.63, 3.8) is 0 Å². The third-order valence-corrected chi connectivity index (χ3v) is 6.21. The zero-order chi connectivity index (χ0) is 13.6. The molecule has 0 unspecified atom stereocenters. The van der Waals surface area contributed by atoms with E-state index in [4.69, 9.17) is 0 Å². The van der Waals surface area contributed by atoms with Crippen LogP contribution in [0, 0.1) is 0 Å². The first kappa shape index (κ1) is 16.1. The van der Waals surface area contributed by atoms with Crippen LogP contribution in [-0.2, 0) is 0 Å². The maximum absolute atomic E-state index is 2.58. The van der Waals surface area contributed by atoms with Crippen molar-refractivity contribution in [3.05, 3.63) is 72.1 Å². The highest BCUT2D eigenvalue weighted by atomic mass is 31.1. The van der Waals surface area contributed by atoms with Crippen LogP contribution in [0.5, 0.6) is 0 Å². The molecular weight excluding hydrogens is 270 g/mol. The fraction of sp³-hybridized carbons (Fsp3) is 0.263. The molecule has 0 N–H and O–H groups in total. The molecule has 0 amide bonds. The fourth-order valence-corrected chi connectivity index (χ4v) is 5.00. The van der Waals surface area contributed by atoms with Gasteiger partial charge in [0.2, 0.25) is 0 Å². The summed E-state index contributed by atoms with van der Waals surface area (Å²) in [5, 5.41) is 2.93. The summed E-state index contributed by atoms with van der Waals surface area (Å²) in [6.45, 7) is 0. The lowest BCUT2D eigenvalue weighted by Gasteiger charge is -2.19. The van der Waals surface area contributed by atoms with Crippen LogP contribution in [0.4, 0.5) is 0 Å². The molecule has 105 valence electrons. The molecule has 3 rings (SSSR count). The highest BCUT2D eigenvalue weighted by Gasteiger charge is 2.13. The Morgan fingerprint density at radius 1 is 0.667 bits per heavy atom. The molecule has 1 saturated carbocycles. The normalized spacial score (nSPS) is 14.6. The smallest absolute Gasteiger partial charge is 0 e. The predicted octanol–water partition coefficient (Wildman–Crippen LogP) is 4.59. The van der Waals surface area contributed by atoms with Crippen LogP contribution in [0.1, 0.15) is 32.1 Å². The van der Waals surface area contributed by atoms with Gasteiger partial charge in [0.25, 0.3) is 0 Å². The summed E-state index contributed by atoms with van der Waals surface area (Å²) >= 11 is 0. The van der Waals surface area contributed by atoms with E-state index in [1.165, 1.54) is 42.7 Å². The lowest BCUT2D eigenvalue weighted by molar-refractivity contribution is 0.600. The van der Waals surface area contributed by atoms with E-state index in [0.717, 1.165) is 0 Å². The predicted molar refractivity (Wildman–Crippen MR) is 96.0 cm³/mol. The van der Waals surface area contributed by atoms with E-state index >= 15 is 0 Å². The largest absolute Gasteiger partial charge is 0.0691 e. The molecule has 1 aliphatic rings. The third kappa shape index (κ3) is 4.32. The van der Waals surface area contributed by atoms with Gasteiger partial charge in [0.15, 0.2) is 0 Å².